The lowest BCUT2D eigenvalue weighted by Crippen LogP contribution is -1.96. The number of aromatic amines is 1. The number of H-pyrrole nitrogens is 1. The molecule has 3 nitrogen and oxygen atoms in total. The summed E-state index contributed by atoms with van der Waals surface area (Å²) in [4.78, 5) is 0. The molecule has 0 bridgehead atoms. The van der Waals surface area contributed by atoms with Crippen molar-refractivity contribution in [3.05, 3.63) is 47.0 Å². The molecule has 80 valence electrons. The Morgan fingerprint density at radius 3 is 2.88 bits per heavy atom. The summed E-state index contributed by atoms with van der Waals surface area (Å²) in [6.45, 7) is 1.79. The highest BCUT2D eigenvalue weighted by Crippen LogP contribution is 2.17. The van der Waals surface area contributed by atoms with Crippen LogP contribution in [0.5, 0.6) is 0 Å². The molecule has 0 atom stereocenters. The molecule has 16 heavy (non-hydrogen) atoms. The fourth-order valence-corrected chi connectivity index (χ4v) is 1.30. The molecule has 0 fully saturated rings. The molecule has 0 radical (unpaired) electrons. The van der Waals surface area contributed by atoms with Crippen molar-refractivity contribution in [3.63, 3.8) is 0 Å². The van der Waals surface area contributed by atoms with Crippen LogP contribution in [0.1, 0.15) is 16.7 Å². The van der Waals surface area contributed by atoms with Gasteiger partial charge in [0.15, 0.2) is 5.82 Å². The largest absolute Gasteiger partial charge is 0.396 e. The van der Waals surface area contributed by atoms with Crippen molar-refractivity contribution in [3.8, 4) is 11.8 Å². The van der Waals surface area contributed by atoms with E-state index in [0.717, 1.165) is 5.56 Å². The van der Waals surface area contributed by atoms with Crippen LogP contribution in [0.15, 0.2) is 24.5 Å². The first-order chi connectivity index (χ1) is 7.68. The first kappa shape index (κ1) is 10.2. The van der Waals surface area contributed by atoms with Gasteiger partial charge in [0.2, 0.25) is 0 Å². The van der Waals surface area contributed by atoms with E-state index < -0.39 is 5.82 Å². The fourth-order valence-electron chi connectivity index (χ4n) is 1.30. The highest BCUT2D eigenvalue weighted by Gasteiger charge is 2.06. The monoisotopic (exact) mass is 215 g/mol. The number of hydrogen-bond acceptors (Lipinski definition) is 2. The van der Waals surface area contributed by atoms with Crippen LogP contribution in [0, 0.1) is 24.6 Å². The number of aryl methyl sites for hydroxylation is 1. The number of halogens is 1. The molecule has 0 aliphatic heterocycles. The first-order valence-corrected chi connectivity index (χ1v) is 4.74. The van der Waals surface area contributed by atoms with E-state index >= 15 is 0 Å². The summed E-state index contributed by atoms with van der Waals surface area (Å²) in [7, 11) is 0. The standard InChI is InChI=1S/C12H10FN3/c1-8-2-5-11(14)12(13)10(8)4-3-9-6-15-16-7-9/h2,5-7H,14H2,1H3,(H,15,16). The first-order valence-electron chi connectivity index (χ1n) is 4.74. The van der Waals surface area contributed by atoms with Gasteiger partial charge in [-0.3, -0.25) is 5.10 Å². The number of anilines is 1. The van der Waals surface area contributed by atoms with Gasteiger partial charge in [-0.05, 0) is 18.6 Å². The number of hydrogen-bond donors (Lipinski definition) is 2. The van der Waals surface area contributed by atoms with Crippen molar-refractivity contribution < 1.29 is 4.39 Å². The molecule has 3 N–H and O–H groups in total. The van der Waals surface area contributed by atoms with E-state index in [1.807, 2.05) is 0 Å². The van der Waals surface area contributed by atoms with Crippen LogP contribution >= 0.6 is 0 Å². The van der Waals surface area contributed by atoms with E-state index in [9.17, 15) is 4.39 Å². The minimum Gasteiger partial charge on any atom is -0.396 e. The summed E-state index contributed by atoms with van der Waals surface area (Å²) in [6.07, 6.45) is 3.22. The third-order valence-corrected chi connectivity index (χ3v) is 2.21. The molecule has 1 heterocycles. The highest BCUT2D eigenvalue weighted by molar-refractivity contribution is 5.54. The normalized spacial score (nSPS) is 9.62. The molecule has 0 aliphatic carbocycles. The van der Waals surface area contributed by atoms with Crippen molar-refractivity contribution in [1.29, 1.82) is 0 Å². The summed E-state index contributed by atoms with van der Waals surface area (Å²) < 4.78 is 13.6. The van der Waals surface area contributed by atoms with Gasteiger partial charge < -0.3 is 5.73 Å². The summed E-state index contributed by atoms with van der Waals surface area (Å²) in [6, 6.07) is 3.28. The van der Waals surface area contributed by atoms with Gasteiger partial charge in [-0.15, -0.1) is 0 Å². The zero-order valence-corrected chi connectivity index (χ0v) is 8.71. The van der Waals surface area contributed by atoms with Gasteiger partial charge in [0.1, 0.15) is 0 Å². The Hall–Kier alpha value is -2.28. The van der Waals surface area contributed by atoms with Gasteiger partial charge in [0, 0.05) is 6.20 Å². The maximum atomic E-state index is 13.6. The number of nitrogens with zero attached hydrogens (tertiary/aromatic N) is 1. The van der Waals surface area contributed by atoms with E-state index in [1.54, 1.807) is 25.4 Å². The lowest BCUT2D eigenvalue weighted by Gasteiger charge is -2.02. The van der Waals surface area contributed by atoms with Crippen LogP contribution in [0.2, 0.25) is 0 Å². The predicted octanol–water partition coefficient (Wildman–Crippen LogP) is 1.84. The van der Waals surface area contributed by atoms with Crippen LogP contribution < -0.4 is 5.73 Å². The number of aromatic nitrogens is 2. The predicted molar refractivity (Wildman–Crippen MR) is 60.1 cm³/mol. The van der Waals surface area contributed by atoms with Gasteiger partial charge in [0.25, 0.3) is 0 Å². The van der Waals surface area contributed by atoms with Gasteiger partial charge in [-0.2, -0.15) is 5.10 Å². The zero-order valence-electron chi connectivity index (χ0n) is 8.71. The van der Waals surface area contributed by atoms with Crippen LogP contribution in [0.3, 0.4) is 0 Å². The average molecular weight is 215 g/mol. The topological polar surface area (TPSA) is 54.7 Å². The summed E-state index contributed by atoms with van der Waals surface area (Å²) in [5, 5.41) is 6.39. The second-order valence-corrected chi connectivity index (χ2v) is 3.40. The Labute approximate surface area is 92.5 Å². The second kappa shape index (κ2) is 4.07. The molecule has 2 aromatic rings. The summed E-state index contributed by atoms with van der Waals surface area (Å²) >= 11 is 0. The van der Waals surface area contributed by atoms with Gasteiger partial charge >= 0.3 is 0 Å². The maximum Gasteiger partial charge on any atom is 0.161 e. The lowest BCUT2D eigenvalue weighted by molar-refractivity contribution is 0.628. The third-order valence-electron chi connectivity index (χ3n) is 2.21. The van der Waals surface area contributed by atoms with Crippen LogP contribution in [0.25, 0.3) is 0 Å². The molecule has 0 spiro atoms. The molecule has 0 unspecified atom stereocenters. The molecule has 0 saturated carbocycles. The Morgan fingerprint density at radius 2 is 2.19 bits per heavy atom. The minimum atomic E-state index is -0.462. The van der Waals surface area contributed by atoms with E-state index in [4.69, 9.17) is 5.73 Å². The number of nitrogens with one attached hydrogen (secondary N) is 1. The third kappa shape index (κ3) is 1.89. The van der Waals surface area contributed by atoms with Crippen LogP contribution in [-0.4, -0.2) is 10.2 Å². The Morgan fingerprint density at radius 1 is 1.38 bits per heavy atom. The van der Waals surface area contributed by atoms with Crippen molar-refractivity contribution in [2.24, 2.45) is 0 Å². The number of benzene rings is 1. The highest BCUT2D eigenvalue weighted by atomic mass is 19.1. The van der Waals surface area contributed by atoms with Crippen molar-refractivity contribution in [2.45, 2.75) is 6.92 Å². The number of rotatable bonds is 0. The van der Waals surface area contributed by atoms with E-state index in [2.05, 4.69) is 22.0 Å². The molecule has 0 amide bonds. The molecular formula is C12H10FN3. The molecule has 1 aromatic heterocycles. The lowest BCUT2D eigenvalue weighted by atomic mass is 10.1. The number of nitrogen functional groups attached to an aromatic ring is 1. The van der Waals surface area contributed by atoms with Gasteiger partial charge in [-0.25, -0.2) is 4.39 Å². The van der Waals surface area contributed by atoms with Gasteiger partial charge in [-0.1, -0.05) is 17.9 Å². The Kier molecular flexibility index (Phi) is 2.61. The molecule has 0 saturated heterocycles. The molecule has 2 rings (SSSR count). The molecule has 4 heteroatoms. The van der Waals surface area contributed by atoms with Crippen LogP contribution in [0.4, 0.5) is 10.1 Å². The van der Waals surface area contributed by atoms with Crippen molar-refractivity contribution >= 4 is 5.69 Å². The van der Waals surface area contributed by atoms with Crippen molar-refractivity contribution in [2.75, 3.05) is 5.73 Å². The smallest absolute Gasteiger partial charge is 0.161 e. The van der Waals surface area contributed by atoms with Crippen molar-refractivity contribution in [1.82, 2.24) is 10.2 Å². The van der Waals surface area contributed by atoms with E-state index in [-0.39, 0.29) is 5.69 Å². The molecule has 1 aromatic carbocycles. The minimum absolute atomic E-state index is 0.113. The van der Waals surface area contributed by atoms with Crippen LogP contribution in [-0.2, 0) is 0 Å². The Bertz CT molecular complexity index is 562. The molecule has 0 aliphatic rings. The summed E-state index contributed by atoms with van der Waals surface area (Å²) in [5.41, 5.74) is 7.40. The second-order valence-electron chi connectivity index (χ2n) is 3.40. The molecular weight excluding hydrogens is 205 g/mol. The van der Waals surface area contributed by atoms with E-state index in [1.165, 1.54) is 6.07 Å². The van der Waals surface area contributed by atoms with E-state index in [0.29, 0.717) is 11.1 Å². The van der Waals surface area contributed by atoms with Gasteiger partial charge in [0.05, 0.1) is 23.0 Å². The Balaban J connectivity index is 2.45. The quantitative estimate of drug-likeness (QED) is 0.520. The summed E-state index contributed by atoms with van der Waals surface area (Å²) in [5.74, 6) is 5.11. The maximum absolute atomic E-state index is 13.6. The zero-order chi connectivity index (χ0) is 11.5. The fraction of sp³-hybridized carbons (Fsp3) is 0.0833. The number of nitrogens with two attached hydrogens (primary N) is 1. The SMILES string of the molecule is Cc1ccc(N)c(F)c1C#Cc1cn[nH]c1. The average Bonchev–Trinajstić information content (AvgIpc) is 2.77.